The molecule has 0 saturated heterocycles. The Hall–Kier alpha value is -2.02. The van der Waals surface area contributed by atoms with Gasteiger partial charge in [-0.3, -0.25) is 9.59 Å². The van der Waals surface area contributed by atoms with Gasteiger partial charge in [-0.25, -0.2) is 0 Å². The lowest BCUT2D eigenvalue weighted by atomic mass is 10.1. The Kier molecular flexibility index (Phi) is 11.2. The van der Waals surface area contributed by atoms with Crippen LogP contribution in [0, 0.1) is 0 Å². The molecule has 0 bridgehead atoms. The summed E-state index contributed by atoms with van der Waals surface area (Å²) in [5, 5.41) is 9.80. The first-order chi connectivity index (χ1) is 13.0. The second-order valence-corrected chi connectivity index (χ2v) is 6.50. The molecule has 1 aromatic heterocycles. The van der Waals surface area contributed by atoms with E-state index in [1.54, 1.807) is 7.05 Å². The van der Waals surface area contributed by atoms with Crippen molar-refractivity contribution < 1.29 is 24.1 Å². The van der Waals surface area contributed by atoms with Gasteiger partial charge in [-0.15, -0.1) is 0 Å². The van der Waals surface area contributed by atoms with Gasteiger partial charge in [-0.2, -0.15) is 0 Å². The molecule has 0 amide bonds. The third kappa shape index (κ3) is 8.47. The number of hydrogen-bond acceptors (Lipinski definition) is 6. The topological polar surface area (TPSA) is 87.0 Å². The highest BCUT2D eigenvalue weighted by Gasteiger charge is 2.12. The van der Waals surface area contributed by atoms with Gasteiger partial charge in [0.05, 0.1) is 26.0 Å². The number of pyridine rings is 1. The quantitative estimate of drug-likeness (QED) is 0.392. The molecular weight excluding hydrogens is 350 g/mol. The minimum absolute atomic E-state index is 0.0523. The van der Waals surface area contributed by atoms with Crippen molar-refractivity contribution in [2.45, 2.75) is 64.9 Å². The first-order valence-corrected chi connectivity index (χ1v) is 9.70. The normalized spacial score (nSPS) is 10.8. The smallest absolute Gasteiger partial charge is 0.305 e. The number of aromatic hydroxyl groups is 1. The molecule has 0 fully saturated rings. The summed E-state index contributed by atoms with van der Waals surface area (Å²) in [4.78, 5) is 23.2. The van der Waals surface area contributed by atoms with Gasteiger partial charge in [0.25, 0.3) is 5.56 Å². The van der Waals surface area contributed by atoms with Crippen LogP contribution < -0.4 is 10.3 Å². The van der Waals surface area contributed by atoms with Crippen molar-refractivity contribution in [2.75, 3.05) is 20.3 Å². The van der Waals surface area contributed by atoms with Gasteiger partial charge in [-0.1, -0.05) is 32.1 Å². The van der Waals surface area contributed by atoms with E-state index in [1.807, 2.05) is 6.92 Å². The number of aromatic nitrogens is 1. The molecule has 0 aromatic carbocycles. The Morgan fingerprint density at radius 1 is 1.11 bits per heavy atom. The summed E-state index contributed by atoms with van der Waals surface area (Å²) in [5.41, 5.74) is 0.235. The summed E-state index contributed by atoms with van der Waals surface area (Å²) in [6, 6.07) is 1.50. The van der Waals surface area contributed by atoms with E-state index in [0.717, 1.165) is 44.9 Å². The van der Waals surface area contributed by atoms with E-state index >= 15 is 0 Å². The van der Waals surface area contributed by atoms with Gasteiger partial charge >= 0.3 is 5.97 Å². The van der Waals surface area contributed by atoms with Crippen molar-refractivity contribution in [3.8, 4) is 11.5 Å². The maximum Gasteiger partial charge on any atom is 0.305 e. The van der Waals surface area contributed by atoms with Crippen LogP contribution in [0.4, 0.5) is 0 Å². The van der Waals surface area contributed by atoms with E-state index in [4.69, 9.17) is 14.2 Å². The largest absolute Gasteiger partial charge is 0.504 e. The molecule has 0 unspecified atom stereocenters. The maximum absolute atomic E-state index is 12.0. The van der Waals surface area contributed by atoms with Crippen molar-refractivity contribution in [1.29, 1.82) is 0 Å². The zero-order chi connectivity index (χ0) is 20.1. The number of nitrogens with zero attached hydrogens (tertiary/aromatic N) is 1. The van der Waals surface area contributed by atoms with Crippen molar-refractivity contribution >= 4 is 5.97 Å². The summed E-state index contributed by atoms with van der Waals surface area (Å²) in [6.07, 6.45) is 7.95. The van der Waals surface area contributed by atoms with Gasteiger partial charge in [0.15, 0.2) is 5.75 Å². The fourth-order valence-electron chi connectivity index (χ4n) is 2.81. The van der Waals surface area contributed by atoms with Gasteiger partial charge in [0.2, 0.25) is 5.75 Å². The second kappa shape index (κ2) is 13.2. The standard InChI is InChI=1S/C20H33NO6/c1-4-27-18(23)12-10-8-6-5-7-9-11-13-26-15-16-14-17(22)19(25-3)20(24)21(16)2/h14,22H,4-13,15H2,1-3H3. The van der Waals surface area contributed by atoms with E-state index in [1.165, 1.54) is 17.7 Å². The first kappa shape index (κ1) is 23.0. The Morgan fingerprint density at radius 3 is 2.37 bits per heavy atom. The number of hydrogen-bond donors (Lipinski definition) is 1. The number of ether oxygens (including phenoxy) is 3. The number of carbonyl (C=O) groups is 1. The summed E-state index contributed by atoms with van der Waals surface area (Å²) in [5.74, 6) is -0.317. The Labute approximate surface area is 161 Å². The van der Waals surface area contributed by atoms with Gasteiger partial charge < -0.3 is 23.9 Å². The monoisotopic (exact) mass is 383 g/mol. The predicted octanol–water partition coefficient (Wildman–Crippen LogP) is 3.30. The molecule has 1 heterocycles. The highest BCUT2D eigenvalue weighted by atomic mass is 16.5. The molecule has 0 spiro atoms. The minimum Gasteiger partial charge on any atom is -0.504 e. The maximum atomic E-state index is 12.0. The molecule has 0 aliphatic rings. The fourth-order valence-corrected chi connectivity index (χ4v) is 2.81. The minimum atomic E-state index is -0.376. The number of unbranched alkanes of at least 4 members (excludes halogenated alkanes) is 6. The van der Waals surface area contributed by atoms with Crippen LogP contribution in [0.5, 0.6) is 11.5 Å². The molecule has 1 N–H and O–H groups in total. The van der Waals surface area contributed by atoms with E-state index in [-0.39, 0.29) is 29.6 Å². The highest BCUT2D eigenvalue weighted by Crippen LogP contribution is 2.21. The van der Waals surface area contributed by atoms with Crippen molar-refractivity contribution in [2.24, 2.45) is 7.05 Å². The molecular formula is C20H33NO6. The van der Waals surface area contributed by atoms with E-state index in [9.17, 15) is 14.7 Å². The summed E-state index contributed by atoms with van der Waals surface area (Å²) in [7, 11) is 2.98. The Morgan fingerprint density at radius 2 is 1.74 bits per heavy atom. The summed E-state index contributed by atoms with van der Waals surface area (Å²) in [6.45, 7) is 3.17. The molecule has 27 heavy (non-hydrogen) atoms. The fraction of sp³-hybridized carbons (Fsp3) is 0.700. The molecule has 7 heteroatoms. The lowest BCUT2D eigenvalue weighted by Gasteiger charge is -2.12. The lowest BCUT2D eigenvalue weighted by molar-refractivity contribution is -0.143. The SMILES string of the molecule is CCOC(=O)CCCCCCCCCOCc1cc(O)c(OC)c(=O)n1C. The third-order valence-electron chi connectivity index (χ3n) is 4.39. The zero-order valence-corrected chi connectivity index (χ0v) is 16.8. The molecule has 0 atom stereocenters. The molecule has 0 aliphatic carbocycles. The second-order valence-electron chi connectivity index (χ2n) is 6.50. The highest BCUT2D eigenvalue weighted by molar-refractivity contribution is 5.69. The predicted molar refractivity (Wildman–Crippen MR) is 103 cm³/mol. The molecule has 1 aromatic rings. The van der Waals surface area contributed by atoms with E-state index in [2.05, 4.69) is 0 Å². The van der Waals surface area contributed by atoms with E-state index < -0.39 is 0 Å². The van der Waals surface area contributed by atoms with Crippen LogP contribution in [0.25, 0.3) is 0 Å². The summed E-state index contributed by atoms with van der Waals surface area (Å²) >= 11 is 0. The zero-order valence-electron chi connectivity index (χ0n) is 16.8. The number of rotatable bonds is 14. The summed E-state index contributed by atoms with van der Waals surface area (Å²) < 4.78 is 16.8. The van der Waals surface area contributed by atoms with Crippen LogP contribution in [0.2, 0.25) is 0 Å². The van der Waals surface area contributed by atoms with Crippen LogP contribution in [0.1, 0.15) is 64.0 Å². The van der Waals surface area contributed by atoms with Gasteiger partial charge in [0, 0.05) is 26.1 Å². The molecule has 0 radical (unpaired) electrons. The van der Waals surface area contributed by atoms with E-state index in [0.29, 0.717) is 25.3 Å². The first-order valence-electron chi connectivity index (χ1n) is 9.70. The third-order valence-corrected chi connectivity index (χ3v) is 4.39. The number of carbonyl (C=O) groups excluding carboxylic acids is 1. The van der Waals surface area contributed by atoms with Crippen LogP contribution >= 0.6 is 0 Å². The molecule has 0 saturated carbocycles. The Bertz CT molecular complexity index is 626. The van der Waals surface area contributed by atoms with Crippen LogP contribution in [0.15, 0.2) is 10.9 Å². The van der Waals surface area contributed by atoms with Gasteiger partial charge in [0.1, 0.15) is 0 Å². The van der Waals surface area contributed by atoms with Crippen molar-refractivity contribution in [1.82, 2.24) is 4.57 Å². The number of esters is 1. The average Bonchev–Trinajstić information content (AvgIpc) is 2.64. The molecule has 0 aliphatic heterocycles. The van der Waals surface area contributed by atoms with Crippen LogP contribution in [-0.4, -0.2) is 36.0 Å². The Balaban J connectivity index is 2.08. The number of methoxy groups -OCH3 is 1. The lowest BCUT2D eigenvalue weighted by Crippen LogP contribution is -2.22. The average molecular weight is 383 g/mol. The van der Waals surface area contributed by atoms with Gasteiger partial charge in [-0.05, 0) is 19.8 Å². The van der Waals surface area contributed by atoms with Crippen molar-refractivity contribution in [3.63, 3.8) is 0 Å². The molecule has 7 nitrogen and oxygen atoms in total. The molecule has 1 rings (SSSR count). The van der Waals surface area contributed by atoms with Crippen LogP contribution in [-0.2, 0) is 27.9 Å². The van der Waals surface area contributed by atoms with Crippen molar-refractivity contribution in [3.05, 3.63) is 22.1 Å². The molecule has 154 valence electrons. The van der Waals surface area contributed by atoms with Crippen LogP contribution in [0.3, 0.4) is 0 Å².